The molecule has 13 heteroatoms. The van der Waals surface area contributed by atoms with Crippen molar-refractivity contribution >= 4 is 29.9 Å². The second-order valence-corrected chi connectivity index (χ2v) is 15.2. The molecule has 0 spiro atoms. The fourth-order valence-corrected chi connectivity index (χ4v) is 7.20. The zero-order valence-electron chi connectivity index (χ0n) is 31.5. The Labute approximate surface area is 311 Å². The van der Waals surface area contributed by atoms with Crippen molar-refractivity contribution in [3.63, 3.8) is 0 Å². The average molecular weight is 722 g/mol. The maximum atomic E-state index is 13.7. The number of urea groups is 1. The molecule has 2 aromatic carbocycles. The largest absolute Gasteiger partial charge is 0.484 e. The van der Waals surface area contributed by atoms with Crippen molar-refractivity contribution < 1.29 is 19.4 Å². The predicted molar refractivity (Wildman–Crippen MR) is 206 cm³/mol. The summed E-state index contributed by atoms with van der Waals surface area (Å²) in [7, 11) is 4.11. The summed E-state index contributed by atoms with van der Waals surface area (Å²) in [6.07, 6.45) is 6.91. The van der Waals surface area contributed by atoms with E-state index >= 15 is 0 Å². The number of rotatable bonds is 8. The number of nitrogens with zero attached hydrogens (tertiary/aromatic N) is 7. The standard InChI is InChI=1S/C39H49N9O2.CH2O2/c1-26-12-9-10-21-46(26)38-43-42-35-20-17-29(25-47(35)38)50-33-19-18-32(30-15-7-8-16-31(30)33)40-37(49)41-36-23-34(39(2,3)4)44-48(36)28-14-11-13-27(22-28)24-45(5)6;2-1-3/h7-8,11,13-17,20,22-23,25-26,32-33H,9-10,12,18-19,21,24H2,1-6H3,(H2,40,41,49);1H,(H,2,3)/t26-,32-,33+;/m0./s1. The van der Waals surface area contributed by atoms with Crippen LogP contribution in [0.5, 0.6) is 5.75 Å². The molecule has 3 atom stereocenters. The molecular weight excluding hydrogens is 670 g/mol. The van der Waals surface area contributed by atoms with E-state index in [1.54, 1.807) is 0 Å². The van der Waals surface area contributed by atoms with E-state index < -0.39 is 0 Å². The number of hydrogen-bond donors (Lipinski definition) is 3. The summed E-state index contributed by atoms with van der Waals surface area (Å²) in [5.41, 5.74) is 5.73. The van der Waals surface area contributed by atoms with Crippen LogP contribution in [0.4, 0.5) is 16.6 Å². The third kappa shape index (κ3) is 8.62. The van der Waals surface area contributed by atoms with Gasteiger partial charge in [0.2, 0.25) is 5.95 Å². The van der Waals surface area contributed by atoms with Crippen LogP contribution in [0.25, 0.3) is 11.3 Å². The monoisotopic (exact) mass is 721 g/mol. The number of benzene rings is 2. The molecule has 0 saturated carbocycles. The van der Waals surface area contributed by atoms with Crippen LogP contribution in [0.3, 0.4) is 0 Å². The second kappa shape index (κ2) is 16.1. The van der Waals surface area contributed by atoms with Crippen LogP contribution in [-0.4, -0.2) is 73.6 Å². The predicted octanol–water partition coefficient (Wildman–Crippen LogP) is 7.13. The van der Waals surface area contributed by atoms with Gasteiger partial charge in [-0.05, 0) is 94.1 Å². The minimum atomic E-state index is -0.271. The lowest BCUT2D eigenvalue weighted by Gasteiger charge is -2.33. The first-order valence-electron chi connectivity index (χ1n) is 18.3. The van der Waals surface area contributed by atoms with Gasteiger partial charge < -0.3 is 25.0 Å². The molecule has 7 rings (SSSR count). The zero-order chi connectivity index (χ0) is 37.7. The highest BCUT2D eigenvalue weighted by Gasteiger charge is 2.31. The number of piperidine rings is 1. The molecule has 1 aliphatic heterocycles. The average Bonchev–Trinajstić information content (AvgIpc) is 3.74. The summed E-state index contributed by atoms with van der Waals surface area (Å²) in [5.74, 6) is 2.27. The topological polar surface area (TPSA) is 142 Å². The normalized spacial score (nSPS) is 18.5. The van der Waals surface area contributed by atoms with Crippen molar-refractivity contribution in [1.29, 1.82) is 0 Å². The van der Waals surface area contributed by atoms with Gasteiger partial charge in [0.05, 0.1) is 23.6 Å². The van der Waals surface area contributed by atoms with Crippen LogP contribution >= 0.6 is 0 Å². The molecule has 1 fully saturated rings. The number of fused-ring (bicyclic) bond motifs is 2. The number of pyridine rings is 1. The van der Waals surface area contributed by atoms with Gasteiger partial charge in [-0.15, -0.1) is 10.2 Å². The maximum absolute atomic E-state index is 13.7. The number of carbonyl (C=O) groups is 2. The molecule has 2 aliphatic rings. The summed E-state index contributed by atoms with van der Waals surface area (Å²) >= 11 is 0. The van der Waals surface area contributed by atoms with Gasteiger partial charge in [0.25, 0.3) is 6.47 Å². The van der Waals surface area contributed by atoms with Crippen molar-refractivity contribution in [2.45, 2.75) is 89.9 Å². The van der Waals surface area contributed by atoms with E-state index in [0.29, 0.717) is 11.9 Å². The smallest absolute Gasteiger partial charge is 0.320 e. The Morgan fingerprint density at radius 1 is 1.00 bits per heavy atom. The fourth-order valence-electron chi connectivity index (χ4n) is 7.20. The van der Waals surface area contributed by atoms with Crippen LogP contribution in [-0.2, 0) is 16.8 Å². The summed E-state index contributed by atoms with van der Waals surface area (Å²) in [4.78, 5) is 26.5. The minimum absolute atomic E-state index is 0.149. The molecule has 2 amide bonds. The Balaban J connectivity index is 0.00000155. The number of carboxylic acid groups (broad SMARTS) is 1. The van der Waals surface area contributed by atoms with E-state index in [4.69, 9.17) is 19.7 Å². The number of hydrogen-bond acceptors (Lipinski definition) is 8. The lowest BCUT2D eigenvalue weighted by molar-refractivity contribution is -0.122. The molecule has 3 N–H and O–H groups in total. The fraction of sp³-hybridized carbons (Fsp3) is 0.425. The molecule has 53 heavy (non-hydrogen) atoms. The number of ether oxygens (including phenoxy) is 1. The zero-order valence-corrected chi connectivity index (χ0v) is 31.5. The van der Waals surface area contributed by atoms with Crippen molar-refractivity contribution in [1.82, 2.24) is 34.6 Å². The van der Waals surface area contributed by atoms with Crippen molar-refractivity contribution in [3.8, 4) is 11.4 Å². The number of anilines is 2. The first-order chi connectivity index (χ1) is 25.4. The Kier molecular flexibility index (Phi) is 11.3. The van der Waals surface area contributed by atoms with Crippen LogP contribution in [0, 0.1) is 0 Å². The molecule has 0 radical (unpaired) electrons. The SMILES string of the molecule is C[C@H]1CCCCN1c1nnc2ccc(O[C@@H]3CC[C@H](NC(=O)Nc4cc(C(C)(C)C)nn4-c4cccc(CN(C)C)c4)c4ccccc43)cn12.O=CO. The Morgan fingerprint density at radius 2 is 1.77 bits per heavy atom. The van der Waals surface area contributed by atoms with Crippen molar-refractivity contribution in [3.05, 3.63) is 95.3 Å². The van der Waals surface area contributed by atoms with Gasteiger partial charge in [0.1, 0.15) is 17.7 Å². The summed E-state index contributed by atoms with van der Waals surface area (Å²) in [5, 5.41) is 27.2. The van der Waals surface area contributed by atoms with Gasteiger partial charge in [-0.25, -0.2) is 9.48 Å². The van der Waals surface area contributed by atoms with E-state index in [2.05, 4.69) is 101 Å². The number of carbonyl (C=O) groups excluding carboxylic acids is 1. The van der Waals surface area contributed by atoms with E-state index in [-0.39, 0.29) is 30.1 Å². The van der Waals surface area contributed by atoms with Gasteiger partial charge in [-0.1, -0.05) is 57.2 Å². The van der Waals surface area contributed by atoms with Gasteiger partial charge >= 0.3 is 6.03 Å². The molecule has 0 bridgehead atoms. The van der Waals surface area contributed by atoms with E-state index in [0.717, 1.165) is 78.6 Å². The Bertz CT molecular complexity index is 2030. The Hall–Kier alpha value is -5.43. The van der Waals surface area contributed by atoms with Gasteiger partial charge in [0, 0.05) is 30.6 Å². The molecule has 4 heterocycles. The highest BCUT2D eigenvalue weighted by Crippen LogP contribution is 2.39. The van der Waals surface area contributed by atoms with E-state index in [1.165, 1.54) is 12.0 Å². The molecule has 5 aromatic rings. The first-order valence-corrected chi connectivity index (χ1v) is 18.3. The molecular formula is C40H51N9O4. The Morgan fingerprint density at radius 3 is 2.51 bits per heavy atom. The number of aromatic nitrogens is 5. The first kappa shape index (κ1) is 37.3. The second-order valence-electron chi connectivity index (χ2n) is 15.2. The third-order valence-corrected chi connectivity index (χ3v) is 9.81. The number of nitrogens with one attached hydrogen (secondary N) is 2. The lowest BCUT2D eigenvalue weighted by atomic mass is 9.85. The van der Waals surface area contributed by atoms with Crippen LogP contribution < -0.4 is 20.3 Å². The van der Waals surface area contributed by atoms with Crippen LogP contribution in [0.15, 0.2) is 72.9 Å². The van der Waals surface area contributed by atoms with Crippen LogP contribution in [0.2, 0.25) is 0 Å². The maximum Gasteiger partial charge on any atom is 0.320 e. The van der Waals surface area contributed by atoms with Gasteiger partial charge in [-0.2, -0.15) is 5.10 Å². The van der Waals surface area contributed by atoms with E-state index in [9.17, 15) is 4.79 Å². The number of amides is 2. The highest BCUT2D eigenvalue weighted by atomic mass is 16.5. The molecule has 1 aliphatic carbocycles. The summed E-state index contributed by atoms with van der Waals surface area (Å²) in [6.45, 7) is 10.2. The van der Waals surface area contributed by atoms with Gasteiger partial charge in [-0.3, -0.25) is 14.5 Å². The third-order valence-electron chi connectivity index (χ3n) is 9.81. The molecule has 0 unspecified atom stereocenters. The van der Waals surface area contributed by atoms with Crippen molar-refractivity contribution in [2.75, 3.05) is 30.9 Å². The molecule has 13 nitrogen and oxygen atoms in total. The van der Waals surface area contributed by atoms with Gasteiger partial charge in [0.15, 0.2) is 5.65 Å². The lowest BCUT2D eigenvalue weighted by Crippen LogP contribution is -2.38. The summed E-state index contributed by atoms with van der Waals surface area (Å²) < 4.78 is 10.6. The molecule has 280 valence electrons. The van der Waals surface area contributed by atoms with E-state index in [1.807, 2.05) is 53.3 Å². The highest BCUT2D eigenvalue weighted by molar-refractivity contribution is 5.89. The quantitative estimate of drug-likeness (QED) is 0.143. The molecule has 3 aromatic heterocycles. The summed E-state index contributed by atoms with van der Waals surface area (Å²) in [6, 6.07) is 22.4. The van der Waals surface area contributed by atoms with Crippen molar-refractivity contribution in [2.24, 2.45) is 0 Å². The minimum Gasteiger partial charge on any atom is -0.484 e. The molecule has 1 saturated heterocycles. The van der Waals surface area contributed by atoms with Crippen LogP contribution in [0.1, 0.15) is 94.3 Å².